The zero-order valence-electron chi connectivity index (χ0n) is 10.4. The summed E-state index contributed by atoms with van der Waals surface area (Å²) in [6.07, 6.45) is 0.766. The van der Waals surface area contributed by atoms with Crippen LogP contribution in [0.15, 0.2) is 18.2 Å². The van der Waals surface area contributed by atoms with Gasteiger partial charge in [-0.15, -0.1) is 0 Å². The standard InChI is InChI=1S/C13H18FNO2S/c1-10-3-4-11(9-12(10)14)13(17)15-5-8-18-7-2-6-16/h3-4,9,16H,2,5-8H2,1H3,(H,15,17). The molecule has 0 aliphatic rings. The summed E-state index contributed by atoms with van der Waals surface area (Å²) in [4.78, 5) is 11.7. The Morgan fingerprint density at radius 3 is 2.89 bits per heavy atom. The summed E-state index contributed by atoms with van der Waals surface area (Å²) in [5.41, 5.74) is 0.879. The van der Waals surface area contributed by atoms with E-state index in [1.54, 1.807) is 30.8 Å². The van der Waals surface area contributed by atoms with Gasteiger partial charge in [0.15, 0.2) is 0 Å². The number of aliphatic hydroxyl groups is 1. The Hall–Kier alpha value is -1.07. The third kappa shape index (κ3) is 5.06. The smallest absolute Gasteiger partial charge is 0.251 e. The van der Waals surface area contributed by atoms with Gasteiger partial charge in [-0.2, -0.15) is 11.8 Å². The lowest BCUT2D eigenvalue weighted by Gasteiger charge is -2.06. The minimum Gasteiger partial charge on any atom is -0.396 e. The molecule has 0 saturated carbocycles. The van der Waals surface area contributed by atoms with Crippen molar-refractivity contribution < 1.29 is 14.3 Å². The van der Waals surface area contributed by atoms with Crippen molar-refractivity contribution in [2.75, 3.05) is 24.7 Å². The molecular formula is C13H18FNO2S. The van der Waals surface area contributed by atoms with E-state index < -0.39 is 0 Å². The highest BCUT2D eigenvalue weighted by atomic mass is 32.2. The summed E-state index contributed by atoms with van der Waals surface area (Å²) in [5.74, 6) is 1.06. The fourth-order valence-corrected chi connectivity index (χ4v) is 2.13. The first kappa shape index (κ1) is 15.0. The third-order valence-corrected chi connectivity index (χ3v) is 3.48. The quantitative estimate of drug-likeness (QED) is 0.746. The molecule has 1 rings (SSSR count). The van der Waals surface area contributed by atoms with Crippen LogP contribution in [0.2, 0.25) is 0 Å². The van der Waals surface area contributed by atoms with E-state index in [1.165, 1.54) is 6.07 Å². The molecule has 5 heteroatoms. The number of halogens is 1. The van der Waals surface area contributed by atoms with Crippen LogP contribution >= 0.6 is 11.8 Å². The molecule has 2 N–H and O–H groups in total. The van der Waals surface area contributed by atoms with Gasteiger partial charge in [0.1, 0.15) is 5.82 Å². The van der Waals surface area contributed by atoms with E-state index >= 15 is 0 Å². The number of thioether (sulfide) groups is 1. The maximum absolute atomic E-state index is 13.3. The third-order valence-electron chi connectivity index (χ3n) is 2.41. The van der Waals surface area contributed by atoms with Gasteiger partial charge < -0.3 is 10.4 Å². The minimum atomic E-state index is -0.361. The summed E-state index contributed by atoms with van der Waals surface area (Å²) in [6, 6.07) is 4.47. The monoisotopic (exact) mass is 271 g/mol. The Kier molecular flexibility index (Phi) is 6.75. The molecule has 0 saturated heterocycles. The second-order valence-electron chi connectivity index (χ2n) is 3.91. The second-order valence-corrected chi connectivity index (χ2v) is 5.13. The van der Waals surface area contributed by atoms with Crippen LogP contribution in [0.5, 0.6) is 0 Å². The average molecular weight is 271 g/mol. The molecule has 0 aliphatic carbocycles. The number of benzene rings is 1. The summed E-state index contributed by atoms with van der Waals surface area (Å²) in [5, 5.41) is 11.3. The topological polar surface area (TPSA) is 49.3 Å². The highest BCUT2D eigenvalue weighted by Crippen LogP contribution is 2.09. The fourth-order valence-electron chi connectivity index (χ4n) is 1.34. The van der Waals surface area contributed by atoms with Gasteiger partial charge in [-0.3, -0.25) is 4.79 Å². The number of nitrogens with one attached hydrogen (secondary N) is 1. The maximum Gasteiger partial charge on any atom is 0.251 e. The van der Waals surface area contributed by atoms with Gasteiger partial charge in [0, 0.05) is 24.5 Å². The van der Waals surface area contributed by atoms with Gasteiger partial charge >= 0.3 is 0 Å². The molecule has 0 spiro atoms. The molecule has 1 aromatic carbocycles. The van der Waals surface area contributed by atoms with Crippen molar-refractivity contribution >= 4 is 17.7 Å². The first-order valence-electron chi connectivity index (χ1n) is 5.88. The van der Waals surface area contributed by atoms with Crippen molar-refractivity contribution in [1.29, 1.82) is 0 Å². The molecule has 0 heterocycles. The van der Waals surface area contributed by atoms with E-state index in [0.717, 1.165) is 17.9 Å². The van der Waals surface area contributed by atoms with Crippen molar-refractivity contribution in [3.8, 4) is 0 Å². The number of aryl methyl sites for hydroxylation is 1. The van der Waals surface area contributed by atoms with E-state index in [-0.39, 0.29) is 18.3 Å². The predicted octanol–water partition coefficient (Wildman–Crippen LogP) is 1.98. The SMILES string of the molecule is Cc1ccc(C(=O)NCCSCCCO)cc1F. The molecule has 0 aliphatic heterocycles. The molecule has 1 aromatic rings. The van der Waals surface area contributed by atoms with Gasteiger partial charge in [0.2, 0.25) is 0 Å². The zero-order chi connectivity index (χ0) is 13.4. The largest absolute Gasteiger partial charge is 0.396 e. The van der Waals surface area contributed by atoms with E-state index in [9.17, 15) is 9.18 Å². The van der Waals surface area contributed by atoms with E-state index in [1.807, 2.05) is 0 Å². The average Bonchev–Trinajstić information content (AvgIpc) is 2.36. The lowest BCUT2D eigenvalue weighted by atomic mass is 10.1. The maximum atomic E-state index is 13.3. The molecule has 100 valence electrons. The summed E-state index contributed by atoms with van der Waals surface area (Å²) < 4.78 is 13.3. The van der Waals surface area contributed by atoms with Crippen molar-refractivity contribution in [3.63, 3.8) is 0 Å². The number of hydrogen-bond donors (Lipinski definition) is 2. The predicted molar refractivity (Wildman–Crippen MR) is 72.5 cm³/mol. The Bertz CT molecular complexity index is 399. The van der Waals surface area contributed by atoms with Crippen LogP contribution in [0.1, 0.15) is 22.3 Å². The van der Waals surface area contributed by atoms with Crippen molar-refractivity contribution in [2.45, 2.75) is 13.3 Å². The molecule has 0 fully saturated rings. The van der Waals surface area contributed by atoms with Gasteiger partial charge in [-0.1, -0.05) is 6.07 Å². The zero-order valence-corrected chi connectivity index (χ0v) is 11.2. The molecule has 0 bridgehead atoms. The van der Waals surface area contributed by atoms with Gasteiger partial charge in [-0.25, -0.2) is 4.39 Å². The highest BCUT2D eigenvalue weighted by molar-refractivity contribution is 7.99. The van der Waals surface area contributed by atoms with Crippen LogP contribution in [-0.4, -0.2) is 35.7 Å². The lowest BCUT2D eigenvalue weighted by Crippen LogP contribution is -2.26. The van der Waals surface area contributed by atoms with Crippen molar-refractivity contribution in [2.24, 2.45) is 0 Å². The van der Waals surface area contributed by atoms with E-state index in [2.05, 4.69) is 5.32 Å². The molecule has 0 radical (unpaired) electrons. The van der Waals surface area contributed by atoms with E-state index in [0.29, 0.717) is 17.7 Å². The molecule has 0 atom stereocenters. The fraction of sp³-hybridized carbons (Fsp3) is 0.462. The van der Waals surface area contributed by atoms with Crippen LogP contribution < -0.4 is 5.32 Å². The van der Waals surface area contributed by atoms with Crippen molar-refractivity contribution in [1.82, 2.24) is 5.32 Å². The van der Waals surface area contributed by atoms with Crippen LogP contribution in [0.25, 0.3) is 0 Å². The molecule has 1 amide bonds. The number of hydrogen-bond acceptors (Lipinski definition) is 3. The summed E-state index contributed by atoms with van der Waals surface area (Å²) in [6.45, 7) is 2.40. The van der Waals surface area contributed by atoms with Gasteiger partial charge in [0.25, 0.3) is 5.91 Å². The van der Waals surface area contributed by atoms with Crippen LogP contribution in [0.3, 0.4) is 0 Å². The van der Waals surface area contributed by atoms with Crippen LogP contribution in [0, 0.1) is 12.7 Å². The molecular weight excluding hydrogens is 253 g/mol. The number of carbonyl (C=O) groups excluding carboxylic acids is 1. The lowest BCUT2D eigenvalue weighted by molar-refractivity contribution is 0.0955. The Labute approximate surface area is 111 Å². The van der Waals surface area contributed by atoms with Crippen molar-refractivity contribution in [3.05, 3.63) is 35.1 Å². The van der Waals surface area contributed by atoms with Gasteiger partial charge in [0.05, 0.1) is 0 Å². The number of amides is 1. The molecule has 18 heavy (non-hydrogen) atoms. The van der Waals surface area contributed by atoms with E-state index in [4.69, 9.17) is 5.11 Å². The number of carbonyl (C=O) groups is 1. The first-order chi connectivity index (χ1) is 8.65. The van der Waals surface area contributed by atoms with Gasteiger partial charge in [-0.05, 0) is 36.8 Å². The molecule has 3 nitrogen and oxygen atoms in total. The summed E-state index contributed by atoms with van der Waals surface area (Å²) >= 11 is 1.67. The number of aliphatic hydroxyl groups excluding tert-OH is 1. The highest BCUT2D eigenvalue weighted by Gasteiger charge is 2.07. The minimum absolute atomic E-state index is 0.196. The summed E-state index contributed by atoms with van der Waals surface area (Å²) in [7, 11) is 0. The first-order valence-corrected chi connectivity index (χ1v) is 7.03. The number of rotatable bonds is 7. The Balaban J connectivity index is 2.30. The van der Waals surface area contributed by atoms with Crippen LogP contribution in [-0.2, 0) is 0 Å². The van der Waals surface area contributed by atoms with Crippen LogP contribution in [0.4, 0.5) is 4.39 Å². The Morgan fingerprint density at radius 1 is 1.44 bits per heavy atom. The molecule has 0 aromatic heterocycles. The molecule has 0 unspecified atom stereocenters. The Morgan fingerprint density at radius 2 is 2.22 bits per heavy atom. The second kappa shape index (κ2) is 8.11. The normalized spacial score (nSPS) is 10.4.